The predicted molar refractivity (Wildman–Crippen MR) is 119 cm³/mol. The molecule has 3 fully saturated rings. The molecule has 0 bridgehead atoms. The maximum absolute atomic E-state index is 10.2. The molecule has 0 aromatic heterocycles. The smallest absolute Gasteiger partial charge is 0.0543 e. The van der Waals surface area contributed by atoms with E-state index < -0.39 is 0 Å². The van der Waals surface area contributed by atoms with Crippen LogP contribution in [0, 0.1) is 46.3 Å². The molecule has 1 N–H and O–H groups in total. The van der Waals surface area contributed by atoms with Crippen molar-refractivity contribution in [2.45, 2.75) is 98.5 Å². The molecule has 0 aromatic rings. The Hall–Kier alpha value is -0.560. The van der Waals surface area contributed by atoms with Crippen molar-refractivity contribution >= 4 is 0 Å². The number of rotatable bonds is 4. The molecule has 4 aliphatic carbocycles. The Labute approximate surface area is 174 Å². The highest BCUT2D eigenvalue weighted by molar-refractivity contribution is 5.28. The van der Waals surface area contributed by atoms with Gasteiger partial charge in [-0.1, -0.05) is 64.8 Å². The van der Waals surface area contributed by atoms with E-state index in [2.05, 4.69) is 52.8 Å². The number of hydrogen-bond acceptors (Lipinski definition) is 1. The van der Waals surface area contributed by atoms with Crippen LogP contribution in [0.1, 0.15) is 92.4 Å². The number of hydrogen-bond donors (Lipinski definition) is 1. The quantitative estimate of drug-likeness (QED) is 0.510. The molecular weight excluding hydrogens is 340 g/mol. The van der Waals surface area contributed by atoms with Gasteiger partial charge in [-0.3, -0.25) is 0 Å². The topological polar surface area (TPSA) is 20.2 Å². The van der Waals surface area contributed by atoms with Gasteiger partial charge in [0.25, 0.3) is 0 Å². The lowest BCUT2D eigenvalue weighted by molar-refractivity contribution is -0.0414. The van der Waals surface area contributed by atoms with Gasteiger partial charge in [-0.05, 0) is 97.7 Å². The molecule has 0 aromatic carbocycles. The summed E-state index contributed by atoms with van der Waals surface area (Å²) in [4.78, 5) is 0. The molecule has 0 spiro atoms. The highest BCUT2D eigenvalue weighted by Gasteiger charge is 2.57. The van der Waals surface area contributed by atoms with E-state index in [0.717, 1.165) is 30.6 Å². The van der Waals surface area contributed by atoms with Crippen molar-refractivity contribution in [3.8, 4) is 0 Å². The molecule has 0 heterocycles. The van der Waals surface area contributed by atoms with E-state index in [0.29, 0.717) is 28.6 Å². The molecule has 4 rings (SSSR count). The maximum atomic E-state index is 10.2. The van der Waals surface area contributed by atoms with Crippen molar-refractivity contribution in [2.24, 2.45) is 46.3 Å². The summed E-state index contributed by atoms with van der Waals surface area (Å²) in [5.41, 5.74) is 2.80. The first-order chi connectivity index (χ1) is 13.3. The summed E-state index contributed by atoms with van der Waals surface area (Å²) in [6.45, 7) is 12.3. The number of allylic oxidation sites excluding steroid dienone is 4. The van der Waals surface area contributed by atoms with Gasteiger partial charge in [-0.2, -0.15) is 0 Å². The van der Waals surface area contributed by atoms with Gasteiger partial charge in [-0.15, -0.1) is 0 Å². The fourth-order valence-corrected chi connectivity index (χ4v) is 8.03. The van der Waals surface area contributed by atoms with Gasteiger partial charge in [0.2, 0.25) is 0 Å². The Morgan fingerprint density at radius 1 is 1.04 bits per heavy atom. The van der Waals surface area contributed by atoms with Gasteiger partial charge in [0, 0.05) is 0 Å². The molecule has 0 aliphatic heterocycles. The summed E-state index contributed by atoms with van der Waals surface area (Å²) in [6.07, 6.45) is 19.0. The van der Waals surface area contributed by atoms with Crippen LogP contribution in [0.25, 0.3) is 0 Å². The van der Waals surface area contributed by atoms with E-state index >= 15 is 0 Å². The summed E-state index contributed by atoms with van der Waals surface area (Å²) in [7, 11) is 0. The Bertz CT molecular complexity index is 632. The fraction of sp³-hybridized carbons (Fsp3) is 0.852. The molecule has 28 heavy (non-hydrogen) atoms. The van der Waals surface area contributed by atoms with Gasteiger partial charge >= 0.3 is 0 Å². The third-order valence-corrected chi connectivity index (χ3v) is 10.1. The third kappa shape index (κ3) is 3.24. The van der Waals surface area contributed by atoms with Gasteiger partial charge in [-0.25, -0.2) is 0 Å². The van der Waals surface area contributed by atoms with Crippen molar-refractivity contribution in [1.82, 2.24) is 0 Å². The van der Waals surface area contributed by atoms with E-state index in [9.17, 15) is 5.11 Å². The molecular formula is C27H44O. The summed E-state index contributed by atoms with van der Waals surface area (Å²) >= 11 is 0. The average Bonchev–Trinajstić information content (AvgIpc) is 3.03. The van der Waals surface area contributed by atoms with E-state index in [1.165, 1.54) is 44.9 Å². The molecule has 0 saturated heterocycles. The molecule has 9 unspecified atom stereocenters. The second-order valence-electron chi connectivity index (χ2n) is 11.5. The highest BCUT2D eigenvalue weighted by Crippen LogP contribution is 2.66. The molecule has 1 heteroatoms. The standard InChI is InChI=1S/C27H44O/c1-6-18(2)7-8-19(3)23-11-12-24-22-10-9-20-17-21(28)13-15-26(20,4)25(22)14-16-27(23,24)5/h7-8,10,18-21,23-25,28H,6,9,11-17H2,1-5H3. The zero-order valence-electron chi connectivity index (χ0n) is 19.1. The normalized spacial score (nSPS) is 47.8. The molecule has 0 amide bonds. The van der Waals surface area contributed by atoms with Gasteiger partial charge in [0.1, 0.15) is 0 Å². The number of aliphatic hydroxyl groups is 1. The minimum absolute atomic E-state index is 0.0455. The van der Waals surface area contributed by atoms with Gasteiger partial charge < -0.3 is 5.11 Å². The average molecular weight is 385 g/mol. The molecule has 4 aliphatic rings. The lowest BCUT2D eigenvalue weighted by atomic mass is 9.47. The SMILES string of the molecule is CCC(C)C=CC(C)C1CCC2C3=CCC4CC(O)CCC4(C)C3CCC21C. The van der Waals surface area contributed by atoms with Gasteiger partial charge in [0.05, 0.1) is 6.10 Å². The van der Waals surface area contributed by atoms with Crippen LogP contribution >= 0.6 is 0 Å². The zero-order valence-corrected chi connectivity index (χ0v) is 19.1. The Kier molecular flexibility index (Phi) is 5.62. The van der Waals surface area contributed by atoms with Crippen LogP contribution in [0.5, 0.6) is 0 Å². The van der Waals surface area contributed by atoms with E-state index in [1.54, 1.807) is 0 Å². The molecule has 1 nitrogen and oxygen atoms in total. The van der Waals surface area contributed by atoms with Crippen LogP contribution in [0.3, 0.4) is 0 Å². The Balaban J connectivity index is 1.56. The lowest BCUT2D eigenvalue weighted by Gasteiger charge is -2.57. The Morgan fingerprint density at radius 3 is 2.50 bits per heavy atom. The highest BCUT2D eigenvalue weighted by atomic mass is 16.3. The lowest BCUT2D eigenvalue weighted by Crippen LogP contribution is -2.49. The second kappa shape index (κ2) is 7.60. The minimum Gasteiger partial charge on any atom is -0.393 e. The van der Waals surface area contributed by atoms with Crippen LogP contribution in [0.4, 0.5) is 0 Å². The number of aliphatic hydroxyl groups excluding tert-OH is 1. The third-order valence-electron chi connectivity index (χ3n) is 10.1. The minimum atomic E-state index is -0.0455. The van der Waals surface area contributed by atoms with Crippen molar-refractivity contribution < 1.29 is 5.11 Å². The number of fused-ring (bicyclic) bond motifs is 5. The van der Waals surface area contributed by atoms with Crippen LogP contribution in [-0.4, -0.2) is 11.2 Å². The first-order valence-corrected chi connectivity index (χ1v) is 12.4. The van der Waals surface area contributed by atoms with Crippen molar-refractivity contribution in [3.05, 3.63) is 23.8 Å². The summed E-state index contributed by atoms with van der Waals surface area (Å²) in [6, 6.07) is 0. The molecule has 0 radical (unpaired) electrons. The van der Waals surface area contributed by atoms with Crippen LogP contribution in [-0.2, 0) is 0 Å². The van der Waals surface area contributed by atoms with Crippen molar-refractivity contribution in [1.29, 1.82) is 0 Å². The van der Waals surface area contributed by atoms with Crippen molar-refractivity contribution in [2.75, 3.05) is 0 Å². The van der Waals surface area contributed by atoms with Crippen molar-refractivity contribution in [3.63, 3.8) is 0 Å². The van der Waals surface area contributed by atoms with Gasteiger partial charge in [0.15, 0.2) is 0 Å². The summed E-state index contributed by atoms with van der Waals surface area (Å²) in [5.74, 6) is 4.59. The predicted octanol–water partition coefficient (Wildman–Crippen LogP) is 7.16. The molecule has 3 saturated carbocycles. The Morgan fingerprint density at radius 2 is 1.75 bits per heavy atom. The first kappa shape index (κ1) is 20.7. The molecule has 158 valence electrons. The molecule has 9 atom stereocenters. The van der Waals surface area contributed by atoms with Crippen LogP contribution in [0.15, 0.2) is 23.8 Å². The zero-order chi connectivity index (χ0) is 20.1. The maximum Gasteiger partial charge on any atom is 0.0543 e. The van der Waals surface area contributed by atoms with E-state index in [-0.39, 0.29) is 6.10 Å². The van der Waals surface area contributed by atoms with E-state index in [4.69, 9.17) is 0 Å². The van der Waals surface area contributed by atoms with Crippen LogP contribution in [0.2, 0.25) is 0 Å². The first-order valence-electron chi connectivity index (χ1n) is 12.4. The van der Waals surface area contributed by atoms with Crippen LogP contribution < -0.4 is 0 Å². The second-order valence-corrected chi connectivity index (χ2v) is 11.5. The monoisotopic (exact) mass is 384 g/mol. The largest absolute Gasteiger partial charge is 0.393 e. The summed E-state index contributed by atoms with van der Waals surface area (Å²) < 4.78 is 0. The fourth-order valence-electron chi connectivity index (χ4n) is 8.03. The summed E-state index contributed by atoms with van der Waals surface area (Å²) in [5, 5.41) is 10.2. The van der Waals surface area contributed by atoms with E-state index in [1.807, 2.05) is 5.57 Å².